The molecule has 21 heavy (non-hydrogen) atoms. The maximum atomic E-state index is 13.6. The molecule has 2 aromatic rings. The van der Waals surface area contributed by atoms with Crippen molar-refractivity contribution in [3.63, 3.8) is 0 Å². The Kier molecular flexibility index (Phi) is 4.19. The van der Waals surface area contributed by atoms with Gasteiger partial charge in [-0.2, -0.15) is 8.42 Å². The van der Waals surface area contributed by atoms with Crippen LogP contribution in [0, 0.1) is 5.82 Å². The lowest BCUT2D eigenvalue weighted by atomic mass is 10.3. The number of halogens is 2. The first-order valence-corrected chi connectivity index (χ1v) is 7.35. The monoisotopic (exact) mass is 333 g/mol. The molecule has 0 aliphatic heterocycles. The third-order valence-electron chi connectivity index (χ3n) is 2.46. The number of benzene rings is 1. The van der Waals surface area contributed by atoms with Gasteiger partial charge in [-0.3, -0.25) is 4.72 Å². The van der Waals surface area contributed by atoms with Crippen LogP contribution >= 0.6 is 11.6 Å². The van der Waals surface area contributed by atoms with Gasteiger partial charge in [-0.15, -0.1) is 0 Å². The van der Waals surface area contributed by atoms with Crippen LogP contribution in [0.2, 0.25) is 5.02 Å². The number of furan rings is 1. The van der Waals surface area contributed by atoms with Crippen LogP contribution in [0.1, 0.15) is 10.4 Å². The highest BCUT2D eigenvalue weighted by molar-refractivity contribution is 7.92. The molecular weight excluding hydrogens is 325 g/mol. The van der Waals surface area contributed by atoms with E-state index in [1.807, 2.05) is 4.72 Å². The van der Waals surface area contributed by atoms with Gasteiger partial charge in [0.25, 0.3) is 10.0 Å². The molecule has 0 saturated carbocycles. The second kappa shape index (κ2) is 5.74. The number of hydrogen-bond acceptors (Lipinski definition) is 5. The number of anilines is 1. The van der Waals surface area contributed by atoms with Gasteiger partial charge < -0.3 is 9.15 Å². The molecule has 0 saturated heterocycles. The molecule has 1 aromatic heterocycles. The van der Waals surface area contributed by atoms with Crippen LogP contribution in [0.15, 0.2) is 40.0 Å². The number of sulfonamides is 1. The molecule has 0 bridgehead atoms. The molecule has 0 aliphatic rings. The Morgan fingerprint density at radius 3 is 2.76 bits per heavy atom. The lowest BCUT2D eigenvalue weighted by Gasteiger charge is -2.08. The van der Waals surface area contributed by atoms with E-state index >= 15 is 0 Å². The smallest absolute Gasteiger partial charge is 0.341 e. The van der Waals surface area contributed by atoms with Crippen LogP contribution in [0.4, 0.5) is 10.1 Å². The molecule has 0 aliphatic carbocycles. The van der Waals surface area contributed by atoms with Gasteiger partial charge in [0.1, 0.15) is 17.8 Å². The Bertz CT molecular complexity index is 766. The van der Waals surface area contributed by atoms with E-state index in [0.29, 0.717) is 0 Å². The summed E-state index contributed by atoms with van der Waals surface area (Å²) in [6.45, 7) is 0. The highest BCUT2D eigenvalue weighted by Crippen LogP contribution is 2.27. The van der Waals surface area contributed by atoms with Crippen LogP contribution in [0.5, 0.6) is 0 Å². The van der Waals surface area contributed by atoms with E-state index in [4.69, 9.17) is 16.0 Å². The predicted octanol–water partition coefficient (Wildman–Crippen LogP) is 2.66. The maximum absolute atomic E-state index is 13.6. The summed E-state index contributed by atoms with van der Waals surface area (Å²) < 4.78 is 48.8. The first-order chi connectivity index (χ1) is 9.85. The standard InChI is InChI=1S/C12H9ClFNO5S/c1-19-12(16)7-5-10(20-6-7)21(17,18)15-11-8(13)3-2-4-9(11)14/h2-6,15H,1H3. The normalized spacial score (nSPS) is 11.2. The largest absolute Gasteiger partial charge is 0.465 e. The number of carbonyl (C=O) groups excluding carboxylic acids is 1. The van der Waals surface area contributed by atoms with E-state index in [1.165, 1.54) is 12.1 Å². The van der Waals surface area contributed by atoms with Crippen LogP contribution in [0.25, 0.3) is 0 Å². The molecule has 0 unspecified atom stereocenters. The molecule has 2 rings (SSSR count). The summed E-state index contributed by atoms with van der Waals surface area (Å²) in [5.74, 6) is -1.60. The fourth-order valence-electron chi connectivity index (χ4n) is 1.46. The van der Waals surface area contributed by atoms with Crippen molar-refractivity contribution in [1.29, 1.82) is 0 Å². The van der Waals surface area contributed by atoms with Gasteiger partial charge in [0.15, 0.2) is 0 Å². The van der Waals surface area contributed by atoms with Crippen molar-refractivity contribution in [2.45, 2.75) is 5.09 Å². The van der Waals surface area contributed by atoms with Crippen molar-refractivity contribution >= 4 is 33.3 Å². The second-order valence-corrected chi connectivity index (χ2v) is 5.87. The quantitative estimate of drug-likeness (QED) is 0.869. The molecule has 9 heteroatoms. The summed E-state index contributed by atoms with van der Waals surface area (Å²) in [4.78, 5) is 11.2. The Morgan fingerprint density at radius 2 is 2.14 bits per heavy atom. The summed E-state index contributed by atoms with van der Waals surface area (Å²) in [5.41, 5.74) is -0.493. The fraction of sp³-hybridized carbons (Fsp3) is 0.0833. The minimum atomic E-state index is -4.23. The predicted molar refractivity (Wildman–Crippen MR) is 72.3 cm³/mol. The summed E-state index contributed by atoms with van der Waals surface area (Å²) in [6.07, 6.45) is 0.920. The highest BCUT2D eigenvalue weighted by atomic mass is 35.5. The Morgan fingerprint density at radius 1 is 1.43 bits per heavy atom. The number of methoxy groups -OCH3 is 1. The van der Waals surface area contributed by atoms with Crippen molar-refractivity contribution in [1.82, 2.24) is 0 Å². The summed E-state index contributed by atoms with van der Waals surface area (Å²) >= 11 is 5.73. The number of carbonyl (C=O) groups is 1. The highest BCUT2D eigenvalue weighted by Gasteiger charge is 2.23. The van der Waals surface area contributed by atoms with E-state index in [-0.39, 0.29) is 10.6 Å². The Labute approximate surface area is 124 Å². The number of hydrogen-bond donors (Lipinski definition) is 1. The molecular formula is C12H9ClFNO5S. The fourth-order valence-corrected chi connectivity index (χ4v) is 2.76. The molecule has 0 radical (unpaired) electrons. The average Bonchev–Trinajstić information content (AvgIpc) is 2.93. The zero-order chi connectivity index (χ0) is 15.6. The van der Waals surface area contributed by atoms with Gasteiger partial charge in [-0.05, 0) is 12.1 Å². The van der Waals surface area contributed by atoms with Gasteiger partial charge in [0.05, 0.1) is 17.7 Å². The molecule has 0 spiro atoms. The minimum absolute atomic E-state index is 0.0856. The van der Waals surface area contributed by atoms with Gasteiger partial charge in [0.2, 0.25) is 5.09 Å². The number of ether oxygens (including phenoxy) is 1. The lowest BCUT2D eigenvalue weighted by molar-refractivity contribution is 0.0600. The zero-order valence-electron chi connectivity index (χ0n) is 10.6. The molecule has 6 nitrogen and oxygen atoms in total. The van der Waals surface area contributed by atoms with Gasteiger partial charge in [-0.1, -0.05) is 17.7 Å². The topological polar surface area (TPSA) is 85.6 Å². The van der Waals surface area contributed by atoms with E-state index < -0.39 is 32.6 Å². The molecule has 0 fully saturated rings. The molecule has 0 atom stereocenters. The van der Waals surface area contributed by atoms with Crippen molar-refractivity contribution in [3.8, 4) is 0 Å². The molecule has 1 aromatic carbocycles. The van der Waals surface area contributed by atoms with Gasteiger partial charge in [0, 0.05) is 6.07 Å². The lowest BCUT2D eigenvalue weighted by Crippen LogP contribution is -2.13. The number of nitrogens with one attached hydrogen (secondary N) is 1. The summed E-state index contributed by atoms with van der Waals surface area (Å²) in [7, 11) is -3.09. The molecule has 112 valence electrons. The summed E-state index contributed by atoms with van der Waals surface area (Å²) in [5, 5.41) is -0.680. The van der Waals surface area contributed by atoms with E-state index in [9.17, 15) is 17.6 Å². The van der Waals surface area contributed by atoms with Crippen molar-refractivity contribution in [2.75, 3.05) is 11.8 Å². The first-order valence-electron chi connectivity index (χ1n) is 5.49. The SMILES string of the molecule is COC(=O)c1coc(S(=O)(=O)Nc2c(F)cccc2Cl)c1. The van der Waals surface area contributed by atoms with E-state index in [2.05, 4.69) is 4.74 Å². The average molecular weight is 334 g/mol. The second-order valence-electron chi connectivity index (χ2n) is 3.85. The molecule has 1 N–H and O–H groups in total. The van der Waals surface area contributed by atoms with E-state index in [1.54, 1.807) is 0 Å². The Hall–Kier alpha value is -2.06. The molecule has 0 amide bonds. The van der Waals surface area contributed by atoms with Crippen LogP contribution in [-0.4, -0.2) is 21.5 Å². The summed E-state index contributed by atoms with van der Waals surface area (Å²) in [6, 6.07) is 4.66. The third kappa shape index (κ3) is 3.17. The van der Waals surface area contributed by atoms with Gasteiger partial charge >= 0.3 is 5.97 Å². The Balaban J connectivity index is 2.35. The van der Waals surface area contributed by atoms with Crippen molar-refractivity contribution in [2.24, 2.45) is 0 Å². The maximum Gasteiger partial charge on any atom is 0.341 e. The van der Waals surface area contributed by atoms with Crippen LogP contribution in [-0.2, 0) is 14.8 Å². The first kappa shape index (κ1) is 15.3. The number of para-hydroxylation sites is 1. The van der Waals surface area contributed by atoms with Crippen molar-refractivity contribution in [3.05, 3.63) is 46.9 Å². The van der Waals surface area contributed by atoms with Crippen molar-refractivity contribution < 1.29 is 26.8 Å². The van der Waals surface area contributed by atoms with Gasteiger partial charge in [-0.25, -0.2) is 9.18 Å². The van der Waals surface area contributed by atoms with Crippen LogP contribution in [0.3, 0.4) is 0 Å². The zero-order valence-corrected chi connectivity index (χ0v) is 12.2. The minimum Gasteiger partial charge on any atom is -0.465 e. The third-order valence-corrected chi connectivity index (χ3v) is 3.99. The van der Waals surface area contributed by atoms with Crippen LogP contribution < -0.4 is 4.72 Å². The molecule has 1 heterocycles. The van der Waals surface area contributed by atoms with E-state index in [0.717, 1.165) is 25.5 Å². The number of esters is 1. The number of rotatable bonds is 4.